The Labute approximate surface area is 107 Å². The van der Waals surface area contributed by atoms with Gasteiger partial charge in [0.2, 0.25) is 0 Å². The lowest BCUT2D eigenvalue weighted by atomic mass is 10.1. The van der Waals surface area contributed by atoms with Gasteiger partial charge in [-0.25, -0.2) is 0 Å². The van der Waals surface area contributed by atoms with Crippen LogP contribution in [0.15, 0.2) is 0 Å². The zero-order chi connectivity index (χ0) is 12.7. The summed E-state index contributed by atoms with van der Waals surface area (Å²) >= 11 is 0. The molecule has 0 amide bonds. The van der Waals surface area contributed by atoms with Crippen LogP contribution in [0.4, 0.5) is 0 Å². The van der Waals surface area contributed by atoms with Gasteiger partial charge >= 0.3 is 0 Å². The third-order valence-electron chi connectivity index (χ3n) is 3.41. The summed E-state index contributed by atoms with van der Waals surface area (Å²) in [7, 11) is 0. The van der Waals surface area contributed by atoms with Crippen LogP contribution in [0.1, 0.15) is 47.0 Å². The molecule has 1 N–H and O–H groups in total. The van der Waals surface area contributed by atoms with E-state index in [4.69, 9.17) is 4.74 Å². The quantitative estimate of drug-likeness (QED) is 0.693. The lowest BCUT2D eigenvalue weighted by Crippen LogP contribution is -2.47. The minimum atomic E-state index is 0.411. The van der Waals surface area contributed by atoms with Crippen LogP contribution in [0.3, 0.4) is 0 Å². The number of ether oxygens (including phenoxy) is 1. The predicted molar refractivity (Wildman–Crippen MR) is 73.4 cm³/mol. The third kappa shape index (κ3) is 6.39. The van der Waals surface area contributed by atoms with Crippen molar-refractivity contribution in [2.75, 3.05) is 26.2 Å². The van der Waals surface area contributed by atoms with Crippen molar-refractivity contribution in [1.29, 1.82) is 0 Å². The molecule has 3 heteroatoms. The Morgan fingerprint density at radius 2 is 2.00 bits per heavy atom. The molecule has 0 spiro atoms. The van der Waals surface area contributed by atoms with E-state index >= 15 is 0 Å². The monoisotopic (exact) mass is 242 g/mol. The van der Waals surface area contributed by atoms with E-state index in [1.54, 1.807) is 0 Å². The van der Waals surface area contributed by atoms with Crippen molar-refractivity contribution >= 4 is 0 Å². The second kappa shape index (κ2) is 8.06. The Balaban J connectivity index is 2.01. The number of hydrogen-bond donors (Lipinski definition) is 1. The van der Waals surface area contributed by atoms with Crippen LogP contribution >= 0.6 is 0 Å². The Morgan fingerprint density at radius 1 is 1.24 bits per heavy atom. The molecule has 2 unspecified atom stereocenters. The largest absolute Gasteiger partial charge is 0.376 e. The van der Waals surface area contributed by atoms with Gasteiger partial charge in [-0.15, -0.1) is 0 Å². The highest BCUT2D eigenvalue weighted by molar-refractivity contribution is 4.74. The topological polar surface area (TPSA) is 24.5 Å². The number of unbranched alkanes of at least 4 members (excludes halogenated alkanes) is 2. The highest BCUT2D eigenvalue weighted by Gasteiger charge is 2.22. The summed E-state index contributed by atoms with van der Waals surface area (Å²) in [5, 5.41) is 3.47. The fourth-order valence-electron chi connectivity index (χ4n) is 2.29. The van der Waals surface area contributed by atoms with Crippen molar-refractivity contribution in [3.63, 3.8) is 0 Å². The van der Waals surface area contributed by atoms with Gasteiger partial charge in [0, 0.05) is 18.6 Å². The van der Waals surface area contributed by atoms with Crippen LogP contribution < -0.4 is 5.32 Å². The van der Waals surface area contributed by atoms with E-state index < -0.39 is 0 Å². The van der Waals surface area contributed by atoms with E-state index in [2.05, 4.69) is 37.9 Å². The Morgan fingerprint density at radius 3 is 2.71 bits per heavy atom. The Bertz CT molecular complexity index is 197. The van der Waals surface area contributed by atoms with Crippen molar-refractivity contribution in [2.24, 2.45) is 0 Å². The highest BCUT2D eigenvalue weighted by Crippen LogP contribution is 2.12. The van der Waals surface area contributed by atoms with Crippen LogP contribution in [0.5, 0.6) is 0 Å². The van der Waals surface area contributed by atoms with Crippen LogP contribution in [-0.4, -0.2) is 49.3 Å². The molecule has 0 aliphatic carbocycles. The molecule has 1 saturated heterocycles. The molecule has 17 heavy (non-hydrogen) atoms. The fraction of sp³-hybridized carbons (Fsp3) is 1.00. The number of nitrogens with one attached hydrogen (secondary N) is 1. The van der Waals surface area contributed by atoms with Crippen molar-refractivity contribution in [2.45, 2.75) is 65.1 Å². The molecule has 102 valence electrons. The molecule has 1 rings (SSSR count). The molecule has 0 bridgehead atoms. The second-order valence-corrected chi connectivity index (χ2v) is 5.66. The molecule has 1 aliphatic heterocycles. The van der Waals surface area contributed by atoms with Gasteiger partial charge in [-0.2, -0.15) is 0 Å². The Kier molecular flexibility index (Phi) is 7.09. The fourth-order valence-corrected chi connectivity index (χ4v) is 2.29. The summed E-state index contributed by atoms with van der Waals surface area (Å²) < 4.78 is 5.64. The summed E-state index contributed by atoms with van der Waals surface area (Å²) in [5.41, 5.74) is 0. The maximum absolute atomic E-state index is 5.64. The first kappa shape index (κ1) is 14.9. The summed E-state index contributed by atoms with van der Waals surface area (Å²) in [6.07, 6.45) is 4.36. The van der Waals surface area contributed by atoms with Gasteiger partial charge in [-0.05, 0) is 39.8 Å². The van der Waals surface area contributed by atoms with Gasteiger partial charge in [0.1, 0.15) is 0 Å². The number of hydrogen-bond acceptors (Lipinski definition) is 3. The van der Waals surface area contributed by atoms with E-state index in [1.807, 2.05) is 0 Å². The first-order valence-electron chi connectivity index (χ1n) is 7.18. The average molecular weight is 242 g/mol. The predicted octanol–water partition coefficient (Wildman–Crippen LogP) is 2.26. The first-order chi connectivity index (χ1) is 8.09. The molecule has 1 aliphatic rings. The molecule has 0 aromatic rings. The maximum atomic E-state index is 5.64. The van der Waals surface area contributed by atoms with Gasteiger partial charge in [0.25, 0.3) is 0 Å². The van der Waals surface area contributed by atoms with E-state index in [1.165, 1.54) is 25.8 Å². The highest BCUT2D eigenvalue weighted by atomic mass is 16.5. The van der Waals surface area contributed by atoms with Crippen LogP contribution in [0.2, 0.25) is 0 Å². The molecule has 0 aromatic heterocycles. The minimum Gasteiger partial charge on any atom is -0.376 e. The average Bonchev–Trinajstić information content (AvgIpc) is 2.27. The van der Waals surface area contributed by atoms with E-state index in [0.29, 0.717) is 18.2 Å². The SMILES string of the molecule is CC(C)NCCCCCN1CC(C)OCC1C. The Hall–Kier alpha value is -0.120. The molecule has 2 atom stereocenters. The molecule has 3 nitrogen and oxygen atoms in total. The zero-order valence-corrected chi connectivity index (χ0v) is 12.0. The summed E-state index contributed by atoms with van der Waals surface area (Å²) in [6, 6.07) is 1.22. The van der Waals surface area contributed by atoms with Gasteiger partial charge < -0.3 is 10.1 Å². The van der Waals surface area contributed by atoms with Crippen molar-refractivity contribution in [1.82, 2.24) is 10.2 Å². The van der Waals surface area contributed by atoms with E-state index in [0.717, 1.165) is 19.7 Å². The first-order valence-corrected chi connectivity index (χ1v) is 7.18. The minimum absolute atomic E-state index is 0.411. The smallest absolute Gasteiger partial charge is 0.0674 e. The van der Waals surface area contributed by atoms with E-state index in [9.17, 15) is 0 Å². The summed E-state index contributed by atoms with van der Waals surface area (Å²) in [4.78, 5) is 2.57. The molecular weight excluding hydrogens is 212 g/mol. The lowest BCUT2D eigenvalue weighted by molar-refractivity contribution is -0.0496. The van der Waals surface area contributed by atoms with Crippen LogP contribution in [-0.2, 0) is 4.74 Å². The zero-order valence-electron chi connectivity index (χ0n) is 12.0. The van der Waals surface area contributed by atoms with Crippen LogP contribution in [0.25, 0.3) is 0 Å². The van der Waals surface area contributed by atoms with Crippen molar-refractivity contribution in [3.05, 3.63) is 0 Å². The van der Waals surface area contributed by atoms with Crippen molar-refractivity contribution < 1.29 is 4.74 Å². The molecule has 1 heterocycles. The number of morpholine rings is 1. The number of nitrogens with zero attached hydrogens (tertiary/aromatic N) is 1. The van der Waals surface area contributed by atoms with Gasteiger partial charge in [-0.1, -0.05) is 20.3 Å². The lowest BCUT2D eigenvalue weighted by Gasteiger charge is -2.36. The normalized spacial score (nSPS) is 26.6. The van der Waals surface area contributed by atoms with Crippen LogP contribution in [0, 0.1) is 0 Å². The molecular formula is C14H30N2O. The third-order valence-corrected chi connectivity index (χ3v) is 3.41. The van der Waals surface area contributed by atoms with Gasteiger partial charge in [0.05, 0.1) is 12.7 Å². The second-order valence-electron chi connectivity index (χ2n) is 5.66. The van der Waals surface area contributed by atoms with Crippen molar-refractivity contribution in [3.8, 4) is 0 Å². The standard InChI is InChI=1S/C14H30N2O/c1-12(2)15-8-6-5-7-9-16-10-14(4)17-11-13(16)3/h12-15H,5-11H2,1-4H3. The maximum Gasteiger partial charge on any atom is 0.0674 e. The van der Waals surface area contributed by atoms with E-state index in [-0.39, 0.29) is 0 Å². The van der Waals surface area contributed by atoms with Gasteiger partial charge in [0.15, 0.2) is 0 Å². The summed E-state index contributed by atoms with van der Waals surface area (Å²) in [6.45, 7) is 13.2. The molecule has 1 fully saturated rings. The molecule has 0 aromatic carbocycles. The summed E-state index contributed by atoms with van der Waals surface area (Å²) in [5.74, 6) is 0. The van der Waals surface area contributed by atoms with Gasteiger partial charge in [-0.3, -0.25) is 4.90 Å². The number of rotatable bonds is 7. The molecule has 0 radical (unpaired) electrons. The molecule has 0 saturated carbocycles.